The van der Waals surface area contributed by atoms with E-state index in [1.54, 1.807) is 24.3 Å². The molecule has 0 aliphatic rings. The fourth-order valence-corrected chi connectivity index (χ4v) is 3.13. The minimum atomic E-state index is -3.40. The number of sulfonamides is 1. The Morgan fingerprint density at radius 3 is 2.26 bits per heavy atom. The molecular weight excluding hydrogens is 332 g/mol. The average molecular weight is 350 g/mol. The Hall–Kier alpha value is -1.99. The number of benzene rings is 2. The zero-order valence-electron chi connectivity index (χ0n) is 12.9. The maximum atomic E-state index is 12.1. The van der Waals surface area contributed by atoms with Crippen molar-refractivity contribution in [3.8, 4) is 0 Å². The molecule has 0 spiro atoms. The summed E-state index contributed by atoms with van der Waals surface area (Å²) >= 11 is 1.42. The zero-order chi connectivity index (χ0) is 16.9. The summed E-state index contributed by atoms with van der Waals surface area (Å²) in [4.78, 5) is 13.1. The first-order valence-electron chi connectivity index (χ1n) is 6.89. The molecule has 7 heteroatoms. The number of carbonyl (C=O) groups is 1. The second kappa shape index (κ2) is 7.52. The molecule has 2 aromatic rings. The van der Waals surface area contributed by atoms with Gasteiger partial charge in [0.15, 0.2) is 0 Å². The summed E-state index contributed by atoms with van der Waals surface area (Å²) in [6, 6.07) is 14.6. The Kier molecular flexibility index (Phi) is 5.68. The molecule has 0 aliphatic carbocycles. The van der Waals surface area contributed by atoms with Gasteiger partial charge in [0.25, 0.3) is 0 Å². The van der Waals surface area contributed by atoms with Crippen LogP contribution in [0.5, 0.6) is 0 Å². The highest BCUT2D eigenvalue weighted by molar-refractivity contribution is 8.00. The number of nitrogens with one attached hydrogen (secondary N) is 2. The maximum absolute atomic E-state index is 12.1. The van der Waals surface area contributed by atoms with Crippen LogP contribution in [0.2, 0.25) is 0 Å². The van der Waals surface area contributed by atoms with Gasteiger partial charge in [-0.3, -0.25) is 9.52 Å². The average Bonchev–Trinajstić information content (AvgIpc) is 2.47. The minimum Gasteiger partial charge on any atom is -0.324 e. The molecule has 0 unspecified atom stereocenters. The summed E-state index contributed by atoms with van der Waals surface area (Å²) < 4.78 is 25.1. The molecule has 0 atom stereocenters. The number of rotatable bonds is 6. The van der Waals surface area contributed by atoms with Crippen molar-refractivity contribution in [1.29, 1.82) is 0 Å². The highest BCUT2D eigenvalue weighted by Crippen LogP contribution is 2.23. The van der Waals surface area contributed by atoms with E-state index in [-0.39, 0.29) is 11.7 Å². The van der Waals surface area contributed by atoms with Crippen molar-refractivity contribution in [2.24, 2.45) is 0 Å². The molecule has 0 aliphatic heterocycles. The van der Waals surface area contributed by atoms with E-state index >= 15 is 0 Å². The van der Waals surface area contributed by atoms with E-state index in [2.05, 4.69) is 10.0 Å². The summed E-state index contributed by atoms with van der Waals surface area (Å²) in [5.41, 5.74) is 1.95. The van der Waals surface area contributed by atoms with Gasteiger partial charge in [-0.15, -0.1) is 11.8 Å². The summed E-state index contributed by atoms with van der Waals surface area (Å²) in [6.45, 7) is 2.01. The fourth-order valence-electron chi connectivity index (χ4n) is 1.85. The zero-order valence-corrected chi connectivity index (χ0v) is 14.5. The second-order valence-electron chi connectivity index (χ2n) is 5.07. The number of para-hydroxylation sites is 2. The third-order valence-electron chi connectivity index (χ3n) is 2.89. The van der Waals surface area contributed by atoms with Crippen LogP contribution < -0.4 is 10.0 Å². The van der Waals surface area contributed by atoms with E-state index in [1.807, 2.05) is 31.2 Å². The van der Waals surface area contributed by atoms with Crippen LogP contribution in [0.3, 0.4) is 0 Å². The van der Waals surface area contributed by atoms with Crippen LogP contribution in [0.15, 0.2) is 53.4 Å². The number of thioether (sulfide) groups is 1. The van der Waals surface area contributed by atoms with E-state index in [4.69, 9.17) is 0 Å². The number of anilines is 2. The van der Waals surface area contributed by atoms with Crippen molar-refractivity contribution in [2.75, 3.05) is 22.0 Å². The van der Waals surface area contributed by atoms with Crippen LogP contribution in [0, 0.1) is 6.92 Å². The van der Waals surface area contributed by atoms with E-state index in [9.17, 15) is 13.2 Å². The van der Waals surface area contributed by atoms with Gasteiger partial charge >= 0.3 is 0 Å². The van der Waals surface area contributed by atoms with Gasteiger partial charge in [-0.1, -0.05) is 29.8 Å². The number of carbonyl (C=O) groups excluding carboxylic acids is 1. The molecule has 0 radical (unpaired) electrons. The van der Waals surface area contributed by atoms with Crippen LogP contribution in [0.25, 0.3) is 0 Å². The molecule has 0 bridgehead atoms. The lowest BCUT2D eigenvalue weighted by Gasteiger charge is -2.11. The molecule has 0 saturated carbocycles. The molecule has 0 saturated heterocycles. The van der Waals surface area contributed by atoms with Crippen molar-refractivity contribution in [3.63, 3.8) is 0 Å². The first-order chi connectivity index (χ1) is 10.8. The summed E-state index contributed by atoms with van der Waals surface area (Å²) in [7, 11) is -3.40. The van der Waals surface area contributed by atoms with Crippen molar-refractivity contribution in [1.82, 2.24) is 0 Å². The highest BCUT2D eigenvalue weighted by Gasteiger charge is 2.10. The molecule has 122 valence electrons. The number of aryl methyl sites for hydroxylation is 1. The monoisotopic (exact) mass is 350 g/mol. The molecule has 1 amide bonds. The lowest BCUT2D eigenvalue weighted by molar-refractivity contribution is -0.113. The molecule has 23 heavy (non-hydrogen) atoms. The van der Waals surface area contributed by atoms with E-state index in [1.165, 1.54) is 17.3 Å². The fraction of sp³-hybridized carbons (Fsp3) is 0.188. The quantitative estimate of drug-likeness (QED) is 0.785. The lowest BCUT2D eigenvalue weighted by Crippen LogP contribution is -2.17. The predicted molar refractivity (Wildman–Crippen MR) is 95.4 cm³/mol. The second-order valence-corrected chi connectivity index (χ2v) is 7.87. The van der Waals surface area contributed by atoms with Gasteiger partial charge in [-0.25, -0.2) is 8.42 Å². The first kappa shape index (κ1) is 17.4. The van der Waals surface area contributed by atoms with Gasteiger partial charge in [0.1, 0.15) is 0 Å². The SMILES string of the molecule is Cc1ccc(SCC(=O)Nc2ccccc2NS(C)(=O)=O)cc1. The van der Waals surface area contributed by atoms with Crippen LogP contribution >= 0.6 is 11.8 Å². The number of hydrogen-bond acceptors (Lipinski definition) is 4. The summed E-state index contributed by atoms with van der Waals surface area (Å²) in [5, 5.41) is 2.73. The van der Waals surface area contributed by atoms with Crippen LogP contribution in [0.1, 0.15) is 5.56 Å². The van der Waals surface area contributed by atoms with Gasteiger partial charge < -0.3 is 5.32 Å². The summed E-state index contributed by atoms with van der Waals surface area (Å²) in [5.74, 6) is 0.0503. The normalized spacial score (nSPS) is 11.0. The Balaban J connectivity index is 1.99. The lowest BCUT2D eigenvalue weighted by atomic mass is 10.2. The first-order valence-corrected chi connectivity index (χ1v) is 9.77. The molecule has 2 N–H and O–H groups in total. The Bertz CT molecular complexity index is 787. The Morgan fingerprint density at radius 1 is 1.04 bits per heavy atom. The van der Waals surface area contributed by atoms with E-state index < -0.39 is 10.0 Å². The van der Waals surface area contributed by atoms with Crippen molar-refractivity contribution < 1.29 is 13.2 Å². The third kappa shape index (κ3) is 5.96. The van der Waals surface area contributed by atoms with Crippen molar-refractivity contribution >= 4 is 39.1 Å². The third-order valence-corrected chi connectivity index (χ3v) is 4.49. The molecule has 5 nitrogen and oxygen atoms in total. The number of hydrogen-bond donors (Lipinski definition) is 2. The minimum absolute atomic E-state index is 0.196. The largest absolute Gasteiger partial charge is 0.324 e. The van der Waals surface area contributed by atoms with Crippen molar-refractivity contribution in [3.05, 3.63) is 54.1 Å². The van der Waals surface area contributed by atoms with Gasteiger partial charge in [0.2, 0.25) is 15.9 Å². The molecule has 0 heterocycles. The van der Waals surface area contributed by atoms with Crippen LogP contribution in [0.4, 0.5) is 11.4 Å². The number of amides is 1. The molecule has 2 aromatic carbocycles. The standard InChI is InChI=1S/C16H18N2O3S2/c1-12-7-9-13(10-8-12)22-11-16(19)17-14-5-3-4-6-15(14)18-23(2,20)21/h3-10,18H,11H2,1-2H3,(H,17,19). The maximum Gasteiger partial charge on any atom is 0.234 e. The van der Waals surface area contributed by atoms with Gasteiger partial charge in [0.05, 0.1) is 23.4 Å². The Labute approximate surface area is 140 Å². The van der Waals surface area contributed by atoms with Gasteiger partial charge in [-0.05, 0) is 31.2 Å². The molecule has 0 fully saturated rings. The smallest absolute Gasteiger partial charge is 0.234 e. The Morgan fingerprint density at radius 2 is 1.65 bits per heavy atom. The van der Waals surface area contributed by atoms with Gasteiger partial charge in [-0.2, -0.15) is 0 Å². The molecule has 0 aromatic heterocycles. The molecular formula is C16H18N2O3S2. The topological polar surface area (TPSA) is 75.3 Å². The highest BCUT2D eigenvalue weighted by atomic mass is 32.2. The van der Waals surface area contributed by atoms with Crippen molar-refractivity contribution in [2.45, 2.75) is 11.8 Å². The van der Waals surface area contributed by atoms with E-state index in [0.717, 1.165) is 11.2 Å². The van der Waals surface area contributed by atoms with Gasteiger partial charge in [0, 0.05) is 4.90 Å². The van der Waals surface area contributed by atoms with Crippen LogP contribution in [-0.4, -0.2) is 26.3 Å². The molecule has 2 rings (SSSR count). The predicted octanol–water partition coefficient (Wildman–Crippen LogP) is 3.10. The van der Waals surface area contributed by atoms with Crippen LogP contribution in [-0.2, 0) is 14.8 Å². The van der Waals surface area contributed by atoms with E-state index in [0.29, 0.717) is 11.4 Å². The summed E-state index contributed by atoms with van der Waals surface area (Å²) in [6.07, 6.45) is 1.07.